The number of hydrogen-bond acceptors (Lipinski definition) is 3. The summed E-state index contributed by atoms with van der Waals surface area (Å²) in [6.07, 6.45) is 0. The normalized spacial score (nSPS) is 12.2. The van der Waals surface area contributed by atoms with E-state index in [0.29, 0.717) is 5.02 Å². The topological polar surface area (TPSA) is 23.5 Å². The molecule has 0 heterocycles. The zero-order valence-electron chi connectivity index (χ0n) is 10.9. The van der Waals surface area contributed by atoms with E-state index in [9.17, 15) is 5.11 Å². The molecule has 102 valence electrons. The first-order chi connectivity index (χ1) is 8.36. The molecule has 0 aliphatic heterocycles. The fraction of sp³-hybridized carbons (Fsp3) is 0.538. The first kappa shape index (κ1) is 16.1. The number of thioether (sulfide) groups is 1. The quantitative estimate of drug-likeness (QED) is 0.809. The van der Waals surface area contributed by atoms with Gasteiger partial charge in [-0.1, -0.05) is 23.2 Å². The van der Waals surface area contributed by atoms with Crippen LogP contribution in [0.3, 0.4) is 0 Å². The number of halogens is 2. The monoisotopic (exact) mass is 307 g/mol. The Morgan fingerprint density at radius 1 is 1.33 bits per heavy atom. The van der Waals surface area contributed by atoms with Crippen molar-refractivity contribution in [1.82, 2.24) is 4.90 Å². The predicted molar refractivity (Wildman–Crippen MR) is 81.0 cm³/mol. The van der Waals surface area contributed by atoms with Gasteiger partial charge in [0.2, 0.25) is 0 Å². The second-order valence-corrected chi connectivity index (χ2v) is 6.80. The maximum Gasteiger partial charge on any atom is 0.0609 e. The van der Waals surface area contributed by atoms with Crippen LogP contribution in [0.25, 0.3) is 0 Å². The van der Waals surface area contributed by atoms with E-state index in [1.165, 1.54) is 0 Å². The van der Waals surface area contributed by atoms with E-state index in [4.69, 9.17) is 23.2 Å². The summed E-state index contributed by atoms with van der Waals surface area (Å²) in [5, 5.41) is 10.7. The molecule has 0 atom stereocenters. The Morgan fingerprint density at radius 2 is 2.00 bits per heavy atom. The largest absolute Gasteiger partial charge is 0.394 e. The summed E-state index contributed by atoms with van der Waals surface area (Å²) in [6, 6.07) is 5.48. The van der Waals surface area contributed by atoms with Crippen LogP contribution in [0.1, 0.15) is 13.8 Å². The lowest BCUT2D eigenvalue weighted by atomic mass is 10.1. The minimum Gasteiger partial charge on any atom is -0.394 e. The lowest BCUT2D eigenvalue weighted by Crippen LogP contribution is -2.45. The number of rotatable bonds is 6. The second kappa shape index (κ2) is 7.01. The molecule has 2 nitrogen and oxygen atoms in total. The standard InChI is InChI=1S/C13H19Cl2NOS/c1-13(2,9-17)16(3)6-7-18-12-8-10(14)4-5-11(12)15/h4-5,8,17H,6-7,9H2,1-3H3. The minimum absolute atomic E-state index is 0.145. The molecular weight excluding hydrogens is 289 g/mol. The fourth-order valence-corrected chi connectivity index (χ4v) is 2.82. The van der Waals surface area contributed by atoms with E-state index in [1.807, 2.05) is 33.0 Å². The molecule has 0 bridgehead atoms. The maximum absolute atomic E-state index is 9.27. The van der Waals surface area contributed by atoms with Gasteiger partial charge in [-0.2, -0.15) is 0 Å². The number of likely N-dealkylation sites (N-methyl/N-ethyl adjacent to an activating group) is 1. The van der Waals surface area contributed by atoms with E-state index in [0.717, 1.165) is 22.2 Å². The van der Waals surface area contributed by atoms with Gasteiger partial charge >= 0.3 is 0 Å². The Bertz CT molecular complexity index is 399. The van der Waals surface area contributed by atoms with Crippen LogP contribution in [0, 0.1) is 0 Å². The summed E-state index contributed by atoms with van der Waals surface area (Å²) in [6.45, 7) is 5.06. The molecule has 0 fully saturated rings. The van der Waals surface area contributed by atoms with Crippen LogP contribution >= 0.6 is 35.0 Å². The van der Waals surface area contributed by atoms with Crippen molar-refractivity contribution in [3.05, 3.63) is 28.2 Å². The summed E-state index contributed by atoms with van der Waals surface area (Å²) in [5.41, 5.74) is -0.196. The average molecular weight is 308 g/mol. The molecule has 0 saturated carbocycles. The van der Waals surface area contributed by atoms with Crippen LogP contribution < -0.4 is 0 Å². The molecule has 0 unspecified atom stereocenters. The lowest BCUT2D eigenvalue weighted by molar-refractivity contribution is 0.0845. The highest BCUT2D eigenvalue weighted by Gasteiger charge is 2.21. The van der Waals surface area contributed by atoms with Crippen LogP contribution in [0.4, 0.5) is 0 Å². The number of hydrogen-bond donors (Lipinski definition) is 1. The van der Waals surface area contributed by atoms with Crippen LogP contribution in [-0.2, 0) is 0 Å². The van der Waals surface area contributed by atoms with Crippen molar-refractivity contribution in [3.8, 4) is 0 Å². The minimum atomic E-state index is -0.196. The zero-order valence-corrected chi connectivity index (χ0v) is 13.2. The van der Waals surface area contributed by atoms with E-state index in [2.05, 4.69) is 4.90 Å². The molecule has 0 aromatic heterocycles. The van der Waals surface area contributed by atoms with E-state index in [-0.39, 0.29) is 12.1 Å². The first-order valence-corrected chi connectivity index (χ1v) is 7.51. The lowest BCUT2D eigenvalue weighted by Gasteiger charge is -2.33. The van der Waals surface area contributed by atoms with Gasteiger partial charge in [-0.05, 0) is 39.1 Å². The van der Waals surface area contributed by atoms with Gasteiger partial charge < -0.3 is 5.11 Å². The van der Waals surface area contributed by atoms with Crippen molar-refractivity contribution in [3.63, 3.8) is 0 Å². The highest BCUT2D eigenvalue weighted by atomic mass is 35.5. The first-order valence-electron chi connectivity index (χ1n) is 5.77. The molecule has 0 aliphatic rings. The Hall–Kier alpha value is 0.0700. The van der Waals surface area contributed by atoms with Crippen LogP contribution in [-0.4, -0.2) is 41.5 Å². The third kappa shape index (κ3) is 4.63. The van der Waals surface area contributed by atoms with Crippen molar-refractivity contribution in [2.24, 2.45) is 0 Å². The highest BCUT2D eigenvalue weighted by molar-refractivity contribution is 7.99. The van der Waals surface area contributed by atoms with E-state index in [1.54, 1.807) is 17.8 Å². The molecule has 1 aromatic rings. The molecule has 5 heteroatoms. The van der Waals surface area contributed by atoms with Crippen molar-refractivity contribution in [2.75, 3.05) is 26.0 Å². The van der Waals surface area contributed by atoms with Gasteiger partial charge in [0.1, 0.15) is 0 Å². The Kier molecular flexibility index (Phi) is 6.28. The van der Waals surface area contributed by atoms with Gasteiger partial charge in [0, 0.05) is 27.8 Å². The zero-order chi connectivity index (χ0) is 13.8. The summed E-state index contributed by atoms with van der Waals surface area (Å²) >= 11 is 13.7. The highest BCUT2D eigenvalue weighted by Crippen LogP contribution is 2.30. The Balaban J connectivity index is 2.49. The van der Waals surface area contributed by atoms with Crippen LogP contribution in [0.5, 0.6) is 0 Å². The van der Waals surface area contributed by atoms with Crippen LogP contribution in [0.2, 0.25) is 10.0 Å². The van der Waals surface area contributed by atoms with E-state index >= 15 is 0 Å². The van der Waals surface area contributed by atoms with Gasteiger partial charge in [0.25, 0.3) is 0 Å². The molecule has 18 heavy (non-hydrogen) atoms. The number of aliphatic hydroxyl groups is 1. The van der Waals surface area contributed by atoms with Crippen molar-refractivity contribution < 1.29 is 5.11 Å². The van der Waals surface area contributed by atoms with Crippen LogP contribution in [0.15, 0.2) is 23.1 Å². The molecule has 0 amide bonds. The number of benzene rings is 1. The maximum atomic E-state index is 9.27. The molecule has 1 N–H and O–H groups in total. The summed E-state index contributed by atoms with van der Waals surface area (Å²) < 4.78 is 0. The Labute approximate surface area is 123 Å². The predicted octanol–water partition coefficient (Wildman–Crippen LogP) is 3.79. The second-order valence-electron chi connectivity index (χ2n) is 4.82. The number of aliphatic hydroxyl groups excluding tert-OH is 1. The van der Waals surface area contributed by atoms with Gasteiger partial charge in [-0.3, -0.25) is 4.90 Å². The molecule has 0 saturated heterocycles. The molecule has 0 spiro atoms. The van der Waals surface area contributed by atoms with Gasteiger partial charge in [0.15, 0.2) is 0 Å². The number of nitrogens with zero attached hydrogens (tertiary/aromatic N) is 1. The fourth-order valence-electron chi connectivity index (χ4n) is 1.30. The van der Waals surface area contributed by atoms with Gasteiger partial charge in [0.05, 0.1) is 11.6 Å². The third-order valence-electron chi connectivity index (χ3n) is 3.00. The average Bonchev–Trinajstić information content (AvgIpc) is 2.33. The van der Waals surface area contributed by atoms with Gasteiger partial charge in [-0.15, -0.1) is 11.8 Å². The summed E-state index contributed by atoms with van der Waals surface area (Å²) in [7, 11) is 2.01. The molecule has 1 aromatic carbocycles. The molecular formula is C13H19Cl2NOS. The Morgan fingerprint density at radius 3 is 2.61 bits per heavy atom. The van der Waals surface area contributed by atoms with Crippen molar-refractivity contribution in [1.29, 1.82) is 0 Å². The van der Waals surface area contributed by atoms with Crippen molar-refractivity contribution >= 4 is 35.0 Å². The molecule has 0 aliphatic carbocycles. The molecule has 1 rings (SSSR count). The SMILES string of the molecule is CN(CCSc1cc(Cl)ccc1Cl)C(C)(C)CO. The van der Waals surface area contributed by atoms with Gasteiger partial charge in [-0.25, -0.2) is 0 Å². The third-order valence-corrected chi connectivity index (χ3v) is 4.71. The smallest absolute Gasteiger partial charge is 0.0609 e. The summed E-state index contributed by atoms with van der Waals surface area (Å²) in [5.74, 6) is 0.903. The van der Waals surface area contributed by atoms with E-state index < -0.39 is 0 Å². The summed E-state index contributed by atoms with van der Waals surface area (Å²) in [4.78, 5) is 3.14. The van der Waals surface area contributed by atoms with Crippen molar-refractivity contribution in [2.45, 2.75) is 24.3 Å². The molecule has 0 radical (unpaired) electrons.